The Bertz CT molecular complexity index is 1490. The predicted octanol–water partition coefficient (Wildman–Crippen LogP) is 5.31. The van der Waals surface area contributed by atoms with E-state index in [2.05, 4.69) is 6.58 Å². The van der Waals surface area contributed by atoms with E-state index < -0.39 is 77.4 Å². The number of carbonyl (C=O) groups excluding carboxylic acids is 4. The number of ether oxygens (including phenoxy) is 5. The molecule has 1 saturated heterocycles. The van der Waals surface area contributed by atoms with Gasteiger partial charge in [0.2, 0.25) is 12.6 Å². The van der Waals surface area contributed by atoms with Crippen LogP contribution in [0.25, 0.3) is 6.08 Å². The highest BCUT2D eigenvalue weighted by Crippen LogP contribution is 2.67. The van der Waals surface area contributed by atoms with E-state index in [0.717, 1.165) is 5.57 Å². The standard InChI is InChI=1S/C37H46O11/c1-8-10-30(41)46-27-19-28-34(44-23(5)38)48-35(45-24(6)39)37(28)29(20-27)36(7,18-17-21(3)9-2)22(4)32(33(37)43)47-31(42)16-13-25-11-14-26(40)15-12-25/h9,11-17,19,22,27,29,32-35,40,43H,2,8,10,18,20H2,1,3-7H3/b16-13+,21-17+/t22-,27+,29+,32-,33+,34-,35-,36-,37?/m1/s1. The number of allylic oxidation sites excluding steroid dienone is 3. The zero-order valence-electron chi connectivity index (χ0n) is 28.3. The number of carbonyl (C=O) groups is 4. The molecule has 11 heteroatoms. The molecule has 1 heterocycles. The van der Waals surface area contributed by atoms with E-state index in [-0.39, 0.29) is 24.2 Å². The predicted molar refractivity (Wildman–Crippen MR) is 174 cm³/mol. The number of hydrogen-bond donors (Lipinski definition) is 2. The van der Waals surface area contributed by atoms with Crippen LogP contribution in [0.5, 0.6) is 5.75 Å². The lowest BCUT2D eigenvalue weighted by Gasteiger charge is -2.62. The van der Waals surface area contributed by atoms with Gasteiger partial charge in [-0.2, -0.15) is 0 Å². The second-order valence-corrected chi connectivity index (χ2v) is 13.1. The van der Waals surface area contributed by atoms with Crippen molar-refractivity contribution in [3.63, 3.8) is 0 Å². The van der Waals surface area contributed by atoms with Crippen molar-refractivity contribution in [3.8, 4) is 5.75 Å². The van der Waals surface area contributed by atoms with Crippen LogP contribution in [0.4, 0.5) is 0 Å². The van der Waals surface area contributed by atoms with Gasteiger partial charge in [-0.15, -0.1) is 0 Å². The third-order valence-corrected chi connectivity index (χ3v) is 9.96. The molecular formula is C37H46O11. The van der Waals surface area contributed by atoms with E-state index in [0.29, 0.717) is 18.4 Å². The van der Waals surface area contributed by atoms with Gasteiger partial charge in [0.05, 0.1) is 5.41 Å². The van der Waals surface area contributed by atoms with Gasteiger partial charge in [-0.05, 0) is 67.4 Å². The van der Waals surface area contributed by atoms with E-state index in [1.54, 1.807) is 24.3 Å². The van der Waals surface area contributed by atoms with Gasteiger partial charge in [-0.25, -0.2) is 4.79 Å². The van der Waals surface area contributed by atoms with Crippen LogP contribution in [0.1, 0.15) is 72.8 Å². The third kappa shape index (κ3) is 7.27. The molecule has 2 fully saturated rings. The molecule has 1 aromatic rings. The normalized spacial score (nSPS) is 32.8. The van der Waals surface area contributed by atoms with Crippen LogP contribution in [0.3, 0.4) is 0 Å². The van der Waals surface area contributed by atoms with Gasteiger partial charge < -0.3 is 29.2 Å². The van der Waals surface area contributed by atoms with Gasteiger partial charge in [0.25, 0.3) is 0 Å². The van der Waals surface area contributed by atoms with Crippen LogP contribution < -0.4 is 0 Å². The topological polar surface area (TPSA) is 155 Å². The maximum atomic E-state index is 13.4. The molecule has 0 aromatic heterocycles. The first-order valence-corrected chi connectivity index (χ1v) is 16.2. The largest absolute Gasteiger partial charge is 0.508 e. The molecule has 0 amide bonds. The fraction of sp³-hybridized carbons (Fsp3) is 0.514. The number of rotatable bonds is 11. The molecule has 3 aliphatic rings. The molecule has 260 valence electrons. The molecule has 1 saturated carbocycles. The molecule has 11 nitrogen and oxygen atoms in total. The fourth-order valence-electron chi connectivity index (χ4n) is 7.41. The molecule has 1 unspecified atom stereocenters. The summed E-state index contributed by atoms with van der Waals surface area (Å²) in [5, 5.41) is 22.1. The van der Waals surface area contributed by atoms with Crippen LogP contribution in [0.2, 0.25) is 0 Å². The van der Waals surface area contributed by atoms with Gasteiger partial charge in [-0.1, -0.05) is 57.2 Å². The summed E-state index contributed by atoms with van der Waals surface area (Å²) in [6.07, 6.45) is 3.21. The minimum absolute atomic E-state index is 0.0783. The SMILES string of the molecule is C=C/C(C)=C/C[C@]1(C)[C@H](C)[C@@H](OC(=O)/C=C/c2ccc(O)cc2)[C@H](O)C23C(=C[C@H](OC(=O)CCC)C[C@H]21)[C@H](OC(C)=O)O[C@H]3OC(C)=O. The molecule has 48 heavy (non-hydrogen) atoms. The van der Waals surface area contributed by atoms with Gasteiger partial charge in [0, 0.05) is 37.8 Å². The van der Waals surface area contributed by atoms with Crippen molar-refractivity contribution in [1.82, 2.24) is 0 Å². The second-order valence-electron chi connectivity index (χ2n) is 13.1. The summed E-state index contributed by atoms with van der Waals surface area (Å²) in [6, 6.07) is 6.23. The molecule has 1 aromatic carbocycles. The first kappa shape index (κ1) is 36.6. The van der Waals surface area contributed by atoms with Crippen molar-refractivity contribution in [2.75, 3.05) is 0 Å². The summed E-state index contributed by atoms with van der Waals surface area (Å²) >= 11 is 0. The van der Waals surface area contributed by atoms with Crippen molar-refractivity contribution in [1.29, 1.82) is 0 Å². The number of benzene rings is 1. The minimum atomic E-state index is -1.57. The lowest BCUT2D eigenvalue weighted by Crippen LogP contribution is -2.68. The van der Waals surface area contributed by atoms with Crippen molar-refractivity contribution in [3.05, 3.63) is 71.9 Å². The Kier molecular flexibility index (Phi) is 11.4. The number of aliphatic hydroxyl groups excluding tert-OH is 1. The second kappa shape index (κ2) is 14.9. The number of esters is 4. The van der Waals surface area contributed by atoms with Crippen molar-refractivity contribution in [2.45, 2.75) is 98.1 Å². The zero-order chi connectivity index (χ0) is 35.4. The molecule has 1 spiro atoms. The van der Waals surface area contributed by atoms with E-state index in [4.69, 9.17) is 23.7 Å². The van der Waals surface area contributed by atoms with Crippen LogP contribution >= 0.6 is 0 Å². The number of aromatic hydroxyl groups is 1. The number of phenols is 1. The average molecular weight is 667 g/mol. The van der Waals surface area contributed by atoms with Gasteiger partial charge in [0.15, 0.2) is 0 Å². The van der Waals surface area contributed by atoms with Gasteiger partial charge in [-0.3, -0.25) is 19.1 Å². The first-order valence-electron chi connectivity index (χ1n) is 16.2. The van der Waals surface area contributed by atoms with Crippen LogP contribution in [0, 0.1) is 22.7 Å². The van der Waals surface area contributed by atoms with E-state index in [1.807, 2.05) is 33.8 Å². The molecule has 2 aliphatic carbocycles. The Morgan fingerprint density at radius 3 is 2.31 bits per heavy atom. The van der Waals surface area contributed by atoms with E-state index in [1.165, 1.54) is 38.1 Å². The summed E-state index contributed by atoms with van der Waals surface area (Å²) < 4.78 is 29.4. The Balaban J connectivity index is 1.89. The monoisotopic (exact) mass is 666 g/mol. The number of phenolic OH excluding ortho intramolecular Hbond substituents is 1. The Morgan fingerprint density at radius 2 is 1.71 bits per heavy atom. The van der Waals surface area contributed by atoms with E-state index in [9.17, 15) is 29.4 Å². The minimum Gasteiger partial charge on any atom is -0.508 e. The third-order valence-electron chi connectivity index (χ3n) is 9.96. The number of aliphatic hydroxyl groups is 1. The fourth-order valence-corrected chi connectivity index (χ4v) is 7.41. The summed E-state index contributed by atoms with van der Waals surface area (Å²) in [7, 11) is 0. The van der Waals surface area contributed by atoms with Crippen LogP contribution in [0.15, 0.2) is 66.3 Å². The quantitative estimate of drug-likeness (QED) is 0.104. The number of hydrogen-bond acceptors (Lipinski definition) is 11. The molecule has 0 bridgehead atoms. The van der Waals surface area contributed by atoms with Crippen molar-refractivity contribution >= 4 is 30.0 Å². The molecule has 9 atom stereocenters. The summed E-state index contributed by atoms with van der Waals surface area (Å²) in [6.45, 7) is 13.9. The summed E-state index contributed by atoms with van der Waals surface area (Å²) in [5.74, 6) is -3.55. The Hall–Kier alpha value is -4.22. The highest BCUT2D eigenvalue weighted by atomic mass is 16.8. The lowest BCUT2D eigenvalue weighted by molar-refractivity contribution is -0.275. The maximum Gasteiger partial charge on any atom is 0.331 e. The smallest absolute Gasteiger partial charge is 0.331 e. The van der Waals surface area contributed by atoms with E-state index >= 15 is 0 Å². The highest BCUT2D eigenvalue weighted by Gasteiger charge is 2.74. The lowest BCUT2D eigenvalue weighted by atomic mass is 9.44. The van der Waals surface area contributed by atoms with Gasteiger partial charge in [0.1, 0.15) is 24.1 Å². The van der Waals surface area contributed by atoms with Crippen molar-refractivity contribution < 1.29 is 53.1 Å². The summed E-state index contributed by atoms with van der Waals surface area (Å²) in [4.78, 5) is 50.9. The molecular weight excluding hydrogens is 620 g/mol. The zero-order valence-corrected chi connectivity index (χ0v) is 28.3. The van der Waals surface area contributed by atoms with Gasteiger partial charge >= 0.3 is 23.9 Å². The Labute approximate surface area is 281 Å². The molecule has 2 N–H and O–H groups in total. The Morgan fingerprint density at radius 1 is 1.04 bits per heavy atom. The maximum absolute atomic E-state index is 13.4. The molecule has 1 aliphatic heterocycles. The van der Waals surface area contributed by atoms with Crippen LogP contribution in [-0.2, 0) is 42.9 Å². The van der Waals surface area contributed by atoms with Crippen molar-refractivity contribution in [2.24, 2.45) is 22.7 Å². The van der Waals surface area contributed by atoms with Crippen LogP contribution in [-0.4, -0.2) is 65.0 Å². The molecule has 4 rings (SSSR count). The highest BCUT2D eigenvalue weighted by molar-refractivity contribution is 5.87. The first-order chi connectivity index (χ1) is 22.7. The summed E-state index contributed by atoms with van der Waals surface area (Å²) in [5.41, 5.74) is -0.576. The molecule has 0 radical (unpaired) electrons. The average Bonchev–Trinajstić information content (AvgIpc) is 3.32.